The molecule has 1 saturated heterocycles. The van der Waals surface area contributed by atoms with Crippen LogP contribution in [0, 0.1) is 40.4 Å². The van der Waals surface area contributed by atoms with E-state index in [2.05, 4.69) is 32.1 Å². The zero-order valence-corrected chi connectivity index (χ0v) is 15.5. The van der Waals surface area contributed by atoms with E-state index >= 15 is 0 Å². The maximum atomic E-state index is 12.0. The van der Waals surface area contributed by atoms with E-state index < -0.39 is 0 Å². The smallest absolute Gasteiger partial charge is 0.306 e. The second-order valence-electron chi connectivity index (χ2n) is 9.98. The van der Waals surface area contributed by atoms with Crippen LogP contribution < -0.4 is 0 Å². The SMILES string of the molecule is CC12C=CC(=O)C=C1[C@H]1C[C@H]1C1C2C=CC2(C)C1CC[C@@]21CCC(=O)O1. The lowest BCUT2D eigenvalue weighted by Gasteiger charge is -2.55. The second kappa shape index (κ2) is 4.43. The molecule has 0 aromatic heterocycles. The Morgan fingerprint density at radius 1 is 1.15 bits per heavy atom. The Hall–Kier alpha value is -1.64. The Labute approximate surface area is 154 Å². The molecule has 0 bridgehead atoms. The van der Waals surface area contributed by atoms with E-state index in [1.165, 1.54) is 12.0 Å². The van der Waals surface area contributed by atoms with E-state index in [0.29, 0.717) is 36.0 Å². The highest BCUT2D eigenvalue weighted by Gasteiger charge is 2.70. The van der Waals surface area contributed by atoms with Gasteiger partial charge in [-0.1, -0.05) is 37.6 Å². The summed E-state index contributed by atoms with van der Waals surface area (Å²) in [6, 6.07) is 0. The zero-order chi connectivity index (χ0) is 17.9. The van der Waals surface area contributed by atoms with E-state index in [0.717, 1.165) is 19.3 Å². The molecule has 6 rings (SSSR count). The van der Waals surface area contributed by atoms with Gasteiger partial charge in [0.1, 0.15) is 5.60 Å². The van der Waals surface area contributed by atoms with E-state index in [4.69, 9.17) is 4.74 Å². The van der Waals surface area contributed by atoms with Crippen LogP contribution in [0.15, 0.2) is 36.0 Å². The fourth-order valence-corrected chi connectivity index (χ4v) is 7.71. The lowest BCUT2D eigenvalue weighted by molar-refractivity contribution is -0.157. The summed E-state index contributed by atoms with van der Waals surface area (Å²) in [6.07, 6.45) is 15.6. The van der Waals surface area contributed by atoms with E-state index in [9.17, 15) is 9.59 Å². The van der Waals surface area contributed by atoms with Gasteiger partial charge in [0.05, 0.1) is 0 Å². The van der Waals surface area contributed by atoms with E-state index in [1.54, 1.807) is 6.08 Å². The van der Waals surface area contributed by atoms with Gasteiger partial charge >= 0.3 is 5.97 Å². The van der Waals surface area contributed by atoms with Gasteiger partial charge in [0.25, 0.3) is 0 Å². The first-order valence-corrected chi connectivity index (χ1v) is 10.2. The number of rotatable bonds is 0. The van der Waals surface area contributed by atoms with Gasteiger partial charge in [-0.25, -0.2) is 0 Å². The number of carbonyl (C=O) groups is 2. The van der Waals surface area contributed by atoms with Crippen LogP contribution in [0.25, 0.3) is 0 Å². The van der Waals surface area contributed by atoms with Crippen LogP contribution in [0.3, 0.4) is 0 Å². The van der Waals surface area contributed by atoms with Crippen LogP contribution in [-0.2, 0) is 14.3 Å². The van der Waals surface area contributed by atoms with Crippen molar-refractivity contribution in [3.8, 4) is 0 Å². The summed E-state index contributed by atoms with van der Waals surface area (Å²) in [4.78, 5) is 23.9. The van der Waals surface area contributed by atoms with Crippen molar-refractivity contribution in [2.75, 3.05) is 0 Å². The maximum absolute atomic E-state index is 12.0. The first-order chi connectivity index (χ1) is 12.4. The van der Waals surface area contributed by atoms with Crippen molar-refractivity contribution in [3.63, 3.8) is 0 Å². The predicted molar refractivity (Wildman–Crippen MR) is 96.9 cm³/mol. The van der Waals surface area contributed by atoms with E-state index in [1.807, 2.05) is 6.08 Å². The van der Waals surface area contributed by atoms with Crippen LogP contribution >= 0.6 is 0 Å². The molecule has 5 aliphatic carbocycles. The summed E-state index contributed by atoms with van der Waals surface area (Å²) in [5.41, 5.74) is 1.07. The number of fused-ring (bicyclic) bond motifs is 9. The molecule has 3 saturated carbocycles. The average Bonchev–Trinajstić information content (AvgIpc) is 3.23. The molecule has 26 heavy (non-hydrogen) atoms. The highest BCUT2D eigenvalue weighted by atomic mass is 16.6. The molecular formula is C23H26O3. The molecule has 0 aromatic carbocycles. The molecule has 8 atom stereocenters. The standard InChI is InChI=1S/C23H26O3/c1-21-7-3-13(24)11-18(21)14-12-15(14)20-16(21)4-8-22(2)17(20)5-9-23(22)10-6-19(25)26-23/h3-4,7-8,11,14-17,20H,5-6,9-10,12H2,1-2H3/t14-,15+,16?,17?,20?,21?,22?,23+/m0/s1. The average molecular weight is 350 g/mol. The number of hydrogen-bond donors (Lipinski definition) is 0. The first-order valence-electron chi connectivity index (χ1n) is 10.2. The first kappa shape index (κ1) is 15.4. The molecule has 136 valence electrons. The molecule has 0 N–H and O–H groups in total. The van der Waals surface area contributed by atoms with Crippen molar-refractivity contribution < 1.29 is 14.3 Å². The van der Waals surface area contributed by atoms with Gasteiger partial charge in [-0.05, 0) is 67.4 Å². The zero-order valence-electron chi connectivity index (χ0n) is 15.5. The highest BCUT2D eigenvalue weighted by molar-refractivity contribution is 6.01. The summed E-state index contributed by atoms with van der Waals surface area (Å²) in [5.74, 6) is 3.14. The van der Waals surface area contributed by atoms with Crippen molar-refractivity contribution in [2.24, 2.45) is 40.4 Å². The number of carbonyl (C=O) groups excluding carboxylic acids is 2. The summed E-state index contributed by atoms with van der Waals surface area (Å²) in [7, 11) is 0. The lowest BCUT2D eigenvalue weighted by Crippen LogP contribution is -2.52. The van der Waals surface area contributed by atoms with Gasteiger partial charge in [-0.2, -0.15) is 0 Å². The van der Waals surface area contributed by atoms with Crippen molar-refractivity contribution in [3.05, 3.63) is 36.0 Å². The molecule has 5 unspecified atom stereocenters. The fraction of sp³-hybridized carbons (Fsp3) is 0.652. The van der Waals surface area contributed by atoms with Crippen LogP contribution in [0.4, 0.5) is 0 Å². The van der Waals surface area contributed by atoms with Crippen molar-refractivity contribution in [1.82, 2.24) is 0 Å². The highest BCUT2D eigenvalue weighted by Crippen LogP contribution is 2.73. The molecule has 0 radical (unpaired) electrons. The maximum Gasteiger partial charge on any atom is 0.306 e. The largest absolute Gasteiger partial charge is 0.458 e. The van der Waals surface area contributed by atoms with Crippen LogP contribution in [0.1, 0.15) is 46.0 Å². The number of ketones is 1. The van der Waals surface area contributed by atoms with Crippen LogP contribution in [-0.4, -0.2) is 17.4 Å². The van der Waals surface area contributed by atoms with Gasteiger partial charge in [-0.3, -0.25) is 9.59 Å². The van der Waals surface area contributed by atoms with E-state index in [-0.39, 0.29) is 28.2 Å². The number of hydrogen-bond acceptors (Lipinski definition) is 3. The van der Waals surface area contributed by atoms with Crippen molar-refractivity contribution in [2.45, 2.75) is 51.6 Å². The number of ether oxygens (including phenoxy) is 1. The molecule has 6 aliphatic rings. The van der Waals surface area contributed by atoms with Crippen molar-refractivity contribution >= 4 is 11.8 Å². The fourth-order valence-electron chi connectivity index (χ4n) is 7.71. The van der Waals surface area contributed by atoms with Gasteiger partial charge in [-0.15, -0.1) is 0 Å². The molecule has 3 nitrogen and oxygen atoms in total. The molecule has 1 spiro atoms. The monoisotopic (exact) mass is 350 g/mol. The second-order valence-corrected chi connectivity index (χ2v) is 9.98. The summed E-state index contributed by atoms with van der Waals surface area (Å²) < 4.78 is 6.00. The molecule has 0 aromatic rings. The van der Waals surface area contributed by atoms with Crippen molar-refractivity contribution in [1.29, 1.82) is 0 Å². The molecule has 1 heterocycles. The molecule has 4 fully saturated rings. The number of esters is 1. The Balaban J connectivity index is 1.47. The topological polar surface area (TPSA) is 43.4 Å². The van der Waals surface area contributed by atoms with Gasteiger partial charge in [0, 0.05) is 17.3 Å². The Bertz CT molecular complexity index is 834. The van der Waals surface area contributed by atoms with Gasteiger partial charge in [0.2, 0.25) is 0 Å². The minimum Gasteiger partial charge on any atom is -0.458 e. The summed E-state index contributed by atoms with van der Waals surface area (Å²) in [6.45, 7) is 4.68. The summed E-state index contributed by atoms with van der Waals surface area (Å²) >= 11 is 0. The molecule has 1 aliphatic heterocycles. The van der Waals surface area contributed by atoms with Gasteiger partial charge in [0.15, 0.2) is 5.78 Å². The quantitative estimate of drug-likeness (QED) is 0.490. The van der Waals surface area contributed by atoms with Gasteiger partial charge < -0.3 is 4.74 Å². The predicted octanol–water partition coefficient (Wildman–Crippen LogP) is 4.00. The number of allylic oxidation sites excluding steroid dienone is 5. The Morgan fingerprint density at radius 3 is 2.77 bits per heavy atom. The molecule has 3 heteroatoms. The Morgan fingerprint density at radius 2 is 2.00 bits per heavy atom. The Kier molecular flexibility index (Phi) is 2.63. The van der Waals surface area contributed by atoms with Crippen LogP contribution in [0.2, 0.25) is 0 Å². The third kappa shape index (κ3) is 1.58. The third-order valence-corrected chi connectivity index (χ3v) is 9.12. The lowest BCUT2D eigenvalue weighted by atomic mass is 9.50. The normalized spacial score (nSPS) is 55.8. The van der Waals surface area contributed by atoms with Crippen LogP contribution in [0.5, 0.6) is 0 Å². The molecular weight excluding hydrogens is 324 g/mol. The minimum absolute atomic E-state index is 0.0127. The third-order valence-electron chi connectivity index (χ3n) is 9.12. The minimum atomic E-state index is -0.268. The molecule has 0 amide bonds. The summed E-state index contributed by atoms with van der Waals surface area (Å²) in [5, 5.41) is 0.